The van der Waals surface area contributed by atoms with Gasteiger partial charge in [-0.3, -0.25) is 4.18 Å². The first kappa shape index (κ1) is 18.9. The fraction of sp³-hybridized carbons (Fsp3) is 0.500. The molecule has 4 N–H and O–H groups in total. The Bertz CT molecular complexity index is 593. The van der Waals surface area contributed by atoms with Crippen molar-refractivity contribution in [3.63, 3.8) is 0 Å². The molecule has 1 saturated heterocycles. The van der Waals surface area contributed by atoms with Gasteiger partial charge >= 0.3 is 10.3 Å². The fourth-order valence-corrected chi connectivity index (χ4v) is 2.48. The van der Waals surface area contributed by atoms with Gasteiger partial charge in [0, 0.05) is 40.8 Å². The first-order valence-electron chi connectivity index (χ1n) is 6.05. The first-order valence-corrected chi connectivity index (χ1v) is 7.52. The summed E-state index contributed by atoms with van der Waals surface area (Å²) in [6, 6.07) is 7.16. The molecule has 1 heterocycles. The van der Waals surface area contributed by atoms with Crippen molar-refractivity contribution < 1.29 is 22.1 Å². The van der Waals surface area contributed by atoms with Crippen molar-refractivity contribution in [2.45, 2.75) is 31.8 Å². The van der Waals surface area contributed by atoms with Crippen LogP contribution in [0.1, 0.15) is 25.5 Å². The predicted octanol–water partition coefficient (Wildman–Crippen LogP) is 0.301. The van der Waals surface area contributed by atoms with Crippen LogP contribution in [-0.4, -0.2) is 56.5 Å². The summed E-state index contributed by atoms with van der Waals surface area (Å²) in [6.45, 7) is 3.23. The van der Waals surface area contributed by atoms with Crippen LogP contribution in [0.3, 0.4) is 0 Å². The molecule has 2 rings (SSSR count). The molecule has 0 spiro atoms. The number of hydrogen-bond donors (Lipinski definition) is 2. The summed E-state index contributed by atoms with van der Waals surface area (Å²) in [5, 5.41) is 4.82. The third-order valence-electron chi connectivity index (χ3n) is 2.88. The number of para-hydroxylation sites is 1. The molecule has 0 bridgehead atoms. The van der Waals surface area contributed by atoms with Gasteiger partial charge in [0.25, 0.3) is 0 Å². The summed E-state index contributed by atoms with van der Waals surface area (Å²) in [6.07, 6.45) is -1.14. The van der Waals surface area contributed by atoms with Gasteiger partial charge < -0.3 is 15.2 Å². The molecule has 0 aromatic heterocycles. The van der Waals surface area contributed by atoms with Crippen molar-refractivity contribution >= 4 is 45.5 Å². The minimum Gasteiger partial charge on any atom is -0.398 e. The van der Waals surface area contributed by atoms with Crippen molar-refractivity contribution in [2.75, 3.05) is 12.3 Å². The Kier molecular flexibility index (Phi) is 6.22. The minimum absolute atomic E-state index is 0. The van der Waals surface area contributed by atoms with Crippen LogP contribution in [0, 0.1) is 0 Å². The van der Waals surface area contributed by atoms with Crippen molar-refractivity contribution in [3.8, 4) is 0 Å². The van der Waals surface area contributed by atoms with E-state index < -0.39 is 28.3 Å². The standard InChI is InChI=1S/C12H18N2O5S.Na/c1-12(2)18-10(7-17-20(14,15)16)11(19-12)8-5-3-4-6-9(8)13;/h3-6,10-11H,7,13H2,1-2H3,(H2,14,15,16);/t10-,11-;/m1./s1. The van der Waals surface area contributed by atoms with Crippen molar-refractivity contribution in [2.24, 2.45) is 5.14 Å². The van der Waals surface area contributed by atoms with Crippen LogP contribution in [0.25, 0.3) is 0 Å². The largest absolute Gasteiger partial charge is 0.398 e. The Morgan fingerprint density at radius 1 is 1.29 bits per heavy atom. The fourth-order valence-electron chi connectivity index (χ4n) is 2.15. The van der Waals surface area contributed by atoms with E-state index in [2.05, 4.69) is 4.18 Å². The third-order valence-corrected chi connectivity index (χ3v) is 3.35. The zero-order chi connectivity index (χ0) is 15.0. The molecule has 1 fully saturated rings. The summed E-state index contributed by atoms with van der Waals surface area (Å²) in [7, 11) is -4.03. The maximum absolute atomic E-state index is 10.9. The van der Waals surface area contributed by atoms with Crippen LogP contribution in [0.4, 0.5) is 5.69 Å². The van der Waals surface area contributed by atoms with E-state index in [0.717, 1.165) is 5.56 Å². The zero-order valence-electron chi connectivity index (χ0n) is 12.3. The summed E-state index contributed by atoms with van der Waals surface area (Å²) in [5.74, 6) is -0.862. The number of nitrogens with two attached hydrogens (primary N) is 2. The Morgan fingerprint density at radius 3 is 2.48 bits per heavy atom. The number of nitrogen functional groups attached to an aromatic ring is 1. The molecule has 1 aromatic carbocycles. The maximum Gasteiger partial charge on any atom is 0.333 e. The van der Waals surface area contributed by atoms with E-state index in [1.54, 1.807) is 32.0 Å². The van der Waals surface area contributed by atoms with Gasteiger partial charge in [0.05, 0.1) is 6.61 Å². The van der Waals surface area contributed by atoms with Gasteiger partial charge in [-0.05, 0) is 19.9 Å². The average Bonchev–Trinajstić information content (AvgIpc) is 2.62. The van der Waals surface area contributed by atoms with Crippen molar-refractivity contribution in [1.82, 2.24) is 0 Å². The van der Waals surface area contributed by atoms with Crippen LogP contribution in [0.15, 0.2) is 24.3 Å². The molecule has 113 valence electrons. The number of rotatable bonds is 4. The van der Waals surface area contributed by atoms with Crippen LogP contribution in [0.2, 0.25) is 0 Å². The van der Waals surface area contributed by atoms with E-state index in [9.17, 15) is 8.42 Å². The number of hydrogen-bond acceptors (Lipinski definition) is 6. The number of anilines is 1. The number of ether oxygens (including phenoxy) is 2. The Labute approximate surface area is 146 Å². The second-order valence-corrected chi connectivity index (χ2v) is 6.22. The first-order chi connectivity index (χ1) is 9.18. The Balaban J connectivity index is 0.00000220. The van der Waals surface area contributed by atoms with E-state index >= 15 is 0 Å². The van der Waals surface area contributed by atoms with Crippen molar-refractivity contribution in [3.05, 3.63) is 29.8 Å². The van der Waals surface area contributed by atoms with Crippen molar-refractivity contribution in [1.29, 1.82) is 0 Å². The normalized spacial score (nSPS) is 24.5. The van der Waals surface area contributed by atoms with E-state index in [1.807, 2.05) is 6.07 Å². The molecule has 9 heteroatoms. The molecule has 1 radical (unpaired) electrons. The summed E-state index contributed by atoms with van der Waals surface area (Å²) >= 11 is 0. The predicted molar refractivity (Wildman–Crippen MR) is 78.4 cm³/mol. The van der Waals surface area contributed by atoms with E-state index in [-0.39, 0.29) is 36.2 Å². The third kappa shape index (κ3) is 5.19. The monoisotopic (exact) mass is 325 g/mol. The van der Waals surface area contributed by atoms with Gasteiger partial charge in [0.15, 0.2) is 5.79 Å². The van der Waals surface area contributed by atoms with Gasteiger partial charge in [0.2, 0.25) is 0 Å². The van der Waals surface area contributed by atoms with Gasteiger partial charge in [-0.2, -0.15) is 8.42 Å². The second kappa shape index (κ2) is 6.93. The molecule has 0 unspecified atom stereocenters. The second-order valence-electron chi connectivity index (χ2n) is 5.00. The molecular weight excluding hydrogens is 307 g/mol. The summed E-state index contributed by atoms with van der Waals surface area (Å²) in [5.41, 5.74) is 7.18. The molecule has 1 aromatic rings. The van der Waals surface area contributed by atoms with E-state index in [4.69, 9.17) is 20.3 Å². The molecule has 1 aliphatic heterocycles. The topological polar surface area (TPSA) is 114 Å². The van der Waals surface area contributed by atoms with Gasteiger partial charge in [-0.25, -0.2) is 5.14 Å². The van der Waals surface area contributed by atoms with Crippen LogP contribution >= 0.6 is 0 Å². The van der Waals surface area contributed by atoms with E-state index in [1.165, 1.54) is 0 Å². The molecule has 0 amide bonds. The molecule has 0 saturated carbocycles. The molecule has 1 aliphatic rings. The molecule has 7 nitrogen and oxygen atoms in total. The number of benzene rings is 1. The van der Waals surface area contributed by atoms with Crippen LogP contribution in [-0.2, 0) is 24.0 Å². The molecule has 2 atom stereocenters. The van der Waals surface area contributed by atoms with Gasteiger partial charge in [-0.1, -0.05) is 18.2 Å². The molecule has 0 aliphatic carbocycles. The quantitative estimate of drug-likeness (QED) is 0.608. The Hall–Kier alpha value is -0.190. The average molecular weight is 325 g/mol. The molecular formula is C12H18N2NaO5S. The maximum atomic E-state index is 10.9. The SMILES string of the molecule is CC1(C)O[C@H](c2ccccc2N)[C@@H](COS(N)(=O)=O)O1.[Na]. The van der Waals surface area contributed by atoms with Gasteiger partial charge in [-0.15, -0.1) is 0 Å². The minimum atomic E-state index is -4.03. The molecule has 21 heavy (non-hydrogen) atoms. The van der Waals surface area contributed by atoms with E-state index in [0.29, 0.717) is 5.69 Å². The van der Waals surface area contributed by atoms with Crippen LogP contribution in [0.5, 0.6) is 0 Å². The van der Waals surface area contributed by atoms with Crippen LogP contribution < -0.4 is 10.9 Å². The smallest absolute Gasteiger partial charge is 0.333 e. The summed E-state index contributed by atoms with van der Waals surface area (Å²) < 4.78 is 37.8. The summed E-state index contributed by atoms with van der Waals surface area (Å²) in [4.78, 5) is 0. The van der Waals surface area contributed by atoms with Gasteiger partial charge in [0.1, 0.15) is 12.2 Å². The Morgan fingerprint density at radius 2 is 1.90 bits per heavy atom. The zero-order valence-corrected chi connectivity index (χ0v) is 15.1.